The normalized spacial score (nSPS) is 26.0. The van der Waals surface area contributed by atoms with Gasteiger partial charge >= 0.3 is 0 Å². The van der Waals surface area contributed by atoms with E-state index in [2.05, 4.69) is 31.8 Å². The van der Waals surface area contributed by atoms with E-state index in [1.807, 2.05) is 43.2 Å². The lowest BCUT2D eigenvalue weighted by atomic mass is 10.1. The molecule has 0 aromatic heterocycles. The minimum Gasteiger partial charge on any atom is -0.497 e. The molecule has 2 atom stereocenters. The van der Waals surface area contributed by atoms with Gasteiger partial charge in [0.2, 0.25) is 0 Å². The first-order valence-electron chi connectivity index (χ1n) is 9.82. The monoisotopic (exact) mass is 391 g/mol. The summed E-state index contributed by atoms with van der Waals surface area (Å²) in [6, 6.07) is 11.4. The summed E-state index contributed by atoms with van der Waals surface area (Å²) in [5.74, 6) is 0.367. The fourth-order valence-corrected chi connectivity index (χ4v) is 4.04. The summed E-state index contributed by atoms with van der Waals surface area (Å²) in [6.07, 6.45) is 1.92. The van der Waals surface area contributed by atoms with Gasteiger partial charge in [0.25, 0.3) is 0 Å². The molecule has 0 bridgehead atoms. The standard InChI is InChI=1S/C21H33NO4Si/c1-21(2)24-16-19(26-21)20-18(23-13-14-27(3,4)5)11-12-25-22(20)15-17-9-7-6-8-10-17/h6-11,19-20H,12-16H2,1-5H3. The molecule has 150 valence electrons. The number of rotatable bonds is 7. The number of hydrogen-bond donors (Lipinski definition) is 0. The van der Waals surface area contributed by atoms with Crippen LogP contribution in [0.3, 0.4) is 0 Å². The Morgan fingerprint density at radius 1 is 1.19 bits per heavy atom. The SMILES string of the molecule is CC1(C)OCC(C2C(OCC[Si](C)(C)C)=CCON2Cc2ccccc2)O1. The summed E-state index contributed by atoms with van der Waals surface area (Å²) in [4.78, 5) is 6.00. The van der Waals surface area contributed by atoms with Gasteiger partial charge in [0.15, 0.2) is 5.79 Å². The molecule has 3 rings (SSSR count). The van der Waals surface area contributed by atoms with Crippen molar-refractivity contribution in [3.63, 3.8) is 0 Å². The van der Waals surface area contributed by atoms with Gasteiger partial charge in [0, 0.05) is 8.07 Å². The molecule has 0 radical (unpaired) electrons. The first kappa shape index (κ1) is 20.5. The topological polar surface area (TPSA) is 40.2 Å². The Morgan fingerprint density at radius 3 is 2.56 bits per heavy atom. The van der Waals surface area contributed by atoms with Crippen LogP contribution in [-0.2, 0) is 25.6 Å². The molecule has 0 saturated carbocycles. The van der Waals surface area contributed by atoms with Gasteiger partial charge in [-0.05, 0) is 31.5 Å². The molecule has 0 aliphatic carbocycles. The van der Waals surface area contributed by atoms with Crippen LogP contribution in [0.2, 0.25) is 25.7 Å². The highest BCUT2D eigenvalue weighted by atomic mass is 28.3. The summed E-state index contributed by atoms with van der Waals surface area (Å²) in [6.45, 7) is 13.5. The molecule has 2 unspecified atom stereocenters. The van der Waals surface area contributed by atoms with Crippen molar-refractivity contribution in [3.05, 3.63) is 47.7 Å². The largest absolute Gasteiger partial charge is 0.497 e. The zero-order valence-corrected chi connectivity index (χ0v) is 18.2. The van der Waals surface area contributed by atoms with Crippen LogP contribution in [0.4, 0.5) is 0 Å². The van der Waals surface area contributed by atoms with Gasteiger partial charge in [-0.1, -0.05) is 50.0 Å². The fourth-order valence-electron chi connectivity index (χ4n) is 3.32. The number of ether oxygens (including phenoxy) is 3. The van der Waals surface area contributed by atoms with Gasteiger partial charge in [0.05, 0.1) is 26.4 Å². The van der Waals surface area contributed by atoms with E-state index in [9.17, 15) is 0 Å². The van der Waals surface area contributed by atoms with E-state index in [4.69, 9.17) is 19.0 Å². The first-order valence-corrected chi connectivity index (χ1v) is 13.5. The minimum atomic E-state index is -1.15. The van der Waals surface area contributed by atoms with Crippen LogP contribution < -0.4 is 0 Å². The van der Waals surface area contributed by atoms with Crippen molar-refractivity contribution < 1.29 is 19.0 Å². The number of hydrogen-bond acceptors (Lipinski definition) is 5. The molecule has 27 heavy (non-hydrogen) atoms. The van der Waals surface area contributed by atoms with E-state index in [0.29, 0.717) is 19.8 Å². The fraction of sp³-hybridized carbons (Fsp3) is 0.619. The van der Waals surface area contributed by atoms with Gasteiger partial charge in [-0.3, -0.25) is 4.84 Å². The second kappa shape index (κ2) is 8.45. The summed E-state index contributed by atoms with van der Waals surface area (Å²) < 4.78 is 18.3. The molecule has 2 heterocycles. The zero-order chi connectivity index (χ0) is 19.5. The third-order valence-electron chi connectivity index (χ3n) is 4.81. The number of benzene rings is 1. The Bertz CT molecular complexity index is 641. The molecule has 1 aromatic carbocycles. The predicted molar refractivity (Wildman–Crippen MR) is 109 cm³/mol. The maximum atomic E-state index is 6.26. The summed E-state index contributed by atoms with van der Waals surface area (Å²) >= 11 is 0. The van der Waals surface area contributed by atoms with E-state index >= 15 is 0 Å². The molecule has 0 N–H and O–H groups in total. The maximum absolute atomic E-state index is 6.26. The third kappa shape index (κ3) is 5.89. The average molecular weight is 392 g/mol. The summed E-state index contributed by atoms with van der Waals surface area (Å²) in [5.41, 5.74) is 1.20. The van der Waals surface area contributed by atoms with E-state index in [0.717, 1.165) is 18.4 Å². The minimum absolute atomic E-state index is 0.109. The molecule has 1 saturated heterocycles. The quantitative estimate of drug-likeness (QED) is 0.652. The molecular weight excluding hydrogens is 358 g/mol. The van der Waals surface area contributed by atoms with Gasteiger partial charge in [-0.15, -0.1) is 0 Å². The van der Waals surface area contributed by atoms with Crippen LogP contribution in [0.25, 0.3) is 0 Å². The Morgan fingerprint density at radius 2 is 1.93 bits per heavy atom. The average Bonchev–Trinajstić information content (AvgIpc) is 2.94. The van der Waals surface area contributed by atoms with Crippen molar-refractivity contribution in [1.82, 2.24) is 5.06 Å². The van der Waals surface area contributed by atoms with Crippen LogP contribution in [0.1, 0.15) is 19.4 Å². The van der Waals surface area contributed by atoms with Crippen molar-refractivity contribution in [2.45, 2.75) is 64.0 Å². The second-order valence-electron chi connectivity index (χ2n) is 8.93. The van der Waals surface area contributed by atoms with Crippen molar-refractivity contribution in [2.75, 3.05) is 19.8 Å². The highest BCUT2D eigenvalue weighted by Crippen LogP contribution is 2.32. The zero-order valence-electron chi connectivity index (χ0n) is 17.2. The highest BCUT2D eigenvalue weighted by molar-refractivity contribution is 6.76. The van der Waals surface area contributed by atoms with E-state index in [1.165, 1.54) is 5.56 Å². The molecule has 0 spiro atoms. The molecule has 6 heteroatoms. The molecule has 1 fully saturated rings. The lowest BCUT2D eigenvalue weighted by Gasteiger charge is -2.38. The highest BCUT2D eigenvalue weighted by Gasteiger charge is 2.44. The van der Waals surface area contributed by atoms with Crippen LogP contribution in [0.15, 0.2) is 42.2 Å². The Balaban J connectivity index is 1.75. The van der Waals surface area contributed by atoms with Crippen LogP contribution in [-0.4, -0.2) is 50.9 Å². The second-order valence-corrected chi connectivity index (χ2v) is 14.6. The van der Waals surface area contributed by atoms with Crippen molar-refractivity contribution >= 4 is 8.07 Å². The Labute approximate surface area is 164 Å². The van der Waals surface area contributed by atoms with E-state index < -0.39 is 13.9 Å². The molecule has 2 aliphatic rings. The maximum Gasteiger partial charge on any atom is 0.163 e. The van der Waals surface area contributed by atoms with Crippen LogP contribution in [0, 0.1) is 0 Å². The van der Waals surface area contributed by atoms with E-state index in [1.54, 1.807) is 0 Å². The lowest BCUT2D eigenvalue weighted by molar-refractivity contribution is -0.224. The van der Waals surface area contributed by atoms with Crippen molar-refractivity contribution in [3.8, 4) is 0 Å². The van der Waals surface area contributed by atoms with Gasteiger partial charge in [-0.25, -0.2) is 0 Å². The molecular formula is C21H33NO4Si. The number of hydroxylamine groups is 2. The van der Waals surface area contributed by atoms with Crippen LogP contribution in [0.5, 0.6) is 0 Å². The van der Waals surface area contributed by atoms with Gasteiger partial charge < -0.3 is 14.2 Å². The molecule has 1 aromatic rings. The van der Waals surface area contributed by atoms with Gasteiger partial charge in [0.1, 0.15) is 17.9 Å². The smallest absolute Gasteiger partial charge is 0.163 e. The van der Waals surface area contributed by atoms with Crippen molar-refractivity contribution in [2.24, 2.45) is 0 Å². The predicted octanol–water partition coefficient (Wildman–Crippen LogP) is 4.19. The third-order valence-corrected chi connectivity index (χ3v) is 6.52. The number of nitrogens with zero attached hydrogens (tertiary/aromatic N) is 1. The first-order chi connectivity index (χ1) is 12.7. The molecule has 5 nitrogen and oxygen atoms in total. The van der Waals surface area contributed by atoms with Crippen molar-refractivity contribution in [1.29, 1.82) is 0 Å². The Hall–Kier alpha value is -1.18. The van der Waals surface area contributed by atoms with E-state index in [-0.39, 0.29) is 12.1 Å². The lowest BCUT2D eigenvalue weighted by Crippen LogP contribution is -2.49. The summed E-state index contributed by atoms with van der Waals surface area (Å²) in [5, 5.41) is 1.99. The Kier molecular flexibility index (Phi) is 6.43. The molecule has 2 aliphatic heterocycles. The molecule has 0 amide bonds. The van der Waals surface area contributed by atoms with Crippen LogP contribution >= 0.6 is 0 Å². The summed E-state index contributed by atoms with van der Waals surface area (Å²) in [7, 11) is -1.15. The van der Waals surface area contributed by atoms with Gasteiger partial charge in [-0.2, -0.15) is 5.06 Å².